The second-order valence-corrected chi connectivity index (χ2v) is 6.83. The zero-order valence-electron chi connectivity index (χ0n) is 16.3. The standard InChI is InChI=1S/C20H25FN4O4/c1-28-18-5-4-15(11-17(18)21)13-24-6-8-25(9-7-24)14-19(26)23-20(27)22-12-16-3-2-10-29-16/h2-5,10-11H,6-9,12-14H2,1H3,(H2,22,23,26,27). The minimum absolute atomic E-state index is 0.152. The van der Waals surface area contributed by atoms with Crippen molar-refractivity contribution in [3.05, 3.63) is 53.7 Å². The van der Waals surface area contributed by atoms with Crippen LogP contribution in [0.5, 0.6) is 5.75 Å². The Kier molecular flexibility index (Phi) is 7.20. The van der Waals surface area contributed by atoms with Gasteiger partial charge in [0.25, 0.3) is 0 Å². The second kappa shape index (κ2) is 10.0. The molecule has 2 aromatic rings. The third-order valence-electron chi connectivity index (χ3n) is 4.71. The number of urea groups is 1. The van der Waals surface area contributed by atoms with E-state index in [9.17, 15) is 14.0 Å². The van der Waals surface area contributed by atoms with E-state index in [1.807, 2.05) is 11.0 Å². The summed E-state index contributed by atoms with van der Waals surface area (Å²) in [6, 6.07) is 7.88. The van der Waals surface area contributed by atoms with Crippen LogP contribution in [-0.2, 0) is 17.9 Å². The van der Waals surface area contributed by atoms with Crippen molar-refractivity contribution in [3.8, 4) is 5.75 Å². The number of rotatable bonds is 7. The van der Waals surface area contributed by atoms with Crippen LogP contribution in [-0.4, -0.2) is 61.6 Å². The van der Waals surface area contributed by atoms with Crippen molar-refractivity contribution >= 4 is 11.9 Å². The molecule has 0 radical (unpaired) electrons. The van der Waals surface area contributed by atoms with Gasteiger partial charge in [-0.3, -0.25) is 19.9 Å². The van der Waals surface area contributed by atoms with Gasteiger partial charge >= 0.3 is 6.03 Å². The maximum Gasteiger partial charge on any atom is 0.321 e. The molecule has 0 saturated carbocycles. The number of carbonyl (C=O) groups excluding carboxylic acids is 2. The van der Waals surface area contributed by atoms with Gasteiger partial charge in [0.15, 0.2) is 11.6 Å². The first kappa shape index (κ1) is 20.8. The fraction of sp³-hybridized carbons (Fsp3) is 0.400. The molecule has 1 aliphatic rings. The maximum atomic E-state index is 13.8. The van der Waals surface area contributed by atoms with Gasteiger partial charge in [-0.05, 0) is 29.8 Å². The average Bonchev–Trinajstić information content (AvgIpc) is 3.22. The highest BCUT2D eigenvalue weighted by molar-refractivity contribution is 5.95. The molecule has 1 aliphatic heterocycles. The van der Waals surface area contributed by atoms with Gasteiger partial charge in [0.2, 0.25) is 5.91 Å². The van der Waals surface area contributed by atoms with E-state index in [-0.39, 0.29) is 30.6 Å². The molecule has 9 heteroatoms. The van der Waals surface area contributed by atoms with Gasteiger partial charge in [-0.2, -0.15) is 0 Å². The Labute approximate surface area is 168 Å². The second-order valence-electron chi connectivity index (χ2n) is 6.83. The van der Waals surface area contributed by atoms with Gasteiger partial charge in [-0.15, -0.1) is 0 Å². The molecule has 0 atom stereocenters. The predicted molar refractivity (Wildman–Crippen MR) is 104 cm³/mol. The number of ether oxygens (including phenoxy) is 1. The molecule has 1 saturated heterocycles. The molecule has 3 amide bonds. The van der Waals surface area contributed by atoms with E-state index in [4.69, 9.17) is 9.15 Å². The number of furan rings is 1. The first-order chi connectivity index (χ1) is 14.0. The molecule has 0 bridgehead atoms. The number of hydrogen-bond donors (Lipinski definition) is 2. The predicted octanol–water partition coefficient (Wildman–Crippen LogP) is 1.57. The molecule has 2 N–H and O–H groups in total. The summed E-state index contributed by atoms with van der Waals surface area (Å²) in [6.07, 6.45) is 1.52. The van der Waals surface area contributed by atoms with E-state index in [1.165, 1.54) is 19.4 Å². The van der Waals surface area contributed by atoms with Crippen LogP contribution in [0.25, 0.3) is 0 Å². The lowest BCUT2D eigenvalue weighted by Gasteiger charge is -2.34. The quantitative estimate of drug-likeness (QED) is 0.729. The summed E-state index contributed by atoms with van der Waals surface area (Å²) in [5.74, 6) is 0.122. The lowest BCUT2D eigenvalue weighted by Crippen LogP contribution is -2.50. The molecule has 2 heterocycles. The van der Waals surface area contributed by atoms with Crippen LogP contribution in [0.2, 0.25) is 0 Å². The number of piperazine rings is 1. The average molecular weight is 404 g/mol. The zero-order chi connectivity index (χ0) is 20.6. The van der Waals surface area contributed by atoms with Gasteiger partial charge < -0.3 is 14.5 Å². The van der Waals surface area contributed by atoms with Gasteiger partial charge in [0, 0.05) is 32.7 Å². The largest absolute Gasteiger partial charge is 0.494 e. The Morgan fingerprint density at radius 3 is 2.59 bits per heavy atom. The van der Waals surface area contributed by atoms with Gasteiger partial charge in [-0.25, -0.2) is 9.18 Å². The summed E-state index contributed by atoms with van der Waals surface area (Å²) in [5.41, 5.74) is 0.878. The van der Waals surface area contributed by atoms with Crippen molar-refractivity contribution in [2.75, 3.05) is 39.8 Å². The topological polar surface area (TPSA) is 87.0 Å². The van der Waals surface area contributed by atoms with Crippen LogP contribution >= 0.6 is 0 Å². The van der Waals surface area contributed by atoms with Crippen molar-refractivity contribution < 1.29 is 23.1 Å². The van der Waals surface area contributed by atoms with Gasteiger partial charge in [-0.1, -0.05) is 6.07 Å². The minimum atomic E-state index is -0.549. The lowest BCUT2D eigenvalue weighted by atomic mass is 10.2. The van der Waals surface area contributed by atoms with Gasteiger partial charge in [0.05, 0.1) is 26.5 Å². The first-order valence-corrected chi connectivity index (χ1v) is 9.40. The molecule has 1 fully saturated rings. The molecule has 1 aromatic carbocycles. The molecule has 8 nitrogen and oxygen atoms in total. The van der Waals surface area contributed by atoms with E-state index in [0.717, 1.165) is 18.7 Å². The minimum Gasteiger partial charge on any atom is -0.494 e. The van der Waals surface area contributed by atoms with Crippen LogP contribution in [0, 0.1) is 5.82 Å². The Hall–Kier alpha value is -2.91. The SMILES string of the molecule is COc1ccc(CN2CCN(CC(=O)NC(=O)NCc3ccco3)CC2)cc1F. The lowest BCUT2D eigenvalue weighted by molar-refractivity contribution is -0.121. The van der Waals surface area contributed by atoms with E-state index in [0.29, 0.717) is 25.4 Å². The molecule has 0 aliphatic carbocycles. The highest BCUT2D eigenvalue weighted by atomic mass is 19.1. The molecule has 156 valence electrons. The fourth-order valence-corrected chi connectivity index (χ4v) is 3.17. The fourth-order valence-electron chi connectivity index (χ4n) is 3.17. The van der Waals surface area contributed by atoms with E-state index < -0.39 is 6.03 Å². The van der Waals surface area contributed by atoms with Crippen LogP contribution < -0.4 is 15.4 Å². The molecule has 29 heavy (non-hydrogen) atoms. The van der Waals surface area contributed by atoms with Crippen LogP contribution in [0.4, 0.5) is 9.18 Å². The summed E-state index contributed by atoms with van der Waals surface area (Å²) in [5, 5.41) is 4.89. The number of nitrogens with zero attached hydrogens (tertiary/aromatic N) is 2. The summed E-state index contributed by atoms with van der Waals surface area (Å²) in [4.78, 5) is 28.0. The maximum absolute atomic E-state index is 13.8. The van der Waals surface area contributed by atoms with E-state index in [2.05, 4.69) is 15.5 Å². The summed E-state index contributed by atoms with van der Waals surface area (Å²) in [6.45, 7) is 3.91. The molecular formula is C20H25FN4O4. The highest BCUT2D eigenvalue weighted by Gasteiger charge is 2.20. The van der Waals surface area contributed by atoms with E-state index in [1.54, 1.807) is 18.2 Å². The monoisotopic (exact) mass is 404 g/mol. The Morgan fingerprint density at radius 2 is 1.93 bits per heavy atom. The number of nitrogens with one attached hydrogen (secondary N) is 2. The van der Waals surface area contributed by atoms with Crippen molar-refractivity contribution in [1.29, 1.82) is 0 Å². The Morgan fingerprint density at radius 1 is 1.17 bits per heavy atom. The Balaban J connectivity index is 1.36. The Bertz CT molecular complexity index is 820. The molecule has 0 spiro atoms. The molecular weight excluding hydrogens is 379 g/mol. The van der Waals surface area contributed by atoms with Crippen molar-refractivity contribution in [2.24, 2.45) is 0 Å². The zero-order valence-corrected chi connectivity index (χ0v) is 16.3. The van der Waals surface area contributed by atoms with Crippen molar-refractivity contribution in [1.82, 2.24) is 20.4 Å². The van der Waals surface area contributed by atoms with Crippen LogP contribution in [0.3, 0.4) is 0 Å². The number of carbonyl (C=O) groups is 2. The van der Waals surface area contributed by atoms with Crippen molar-refractivity contribution in [3.63, 3.8) is 0 Å². The molecule has 1 aromatic heterocycles. The number of amides is 3. The third-order valence-corrected chi connectivity index (χ3v) is 4.71. The molecule has 0 unspecified atom stereocenters. The van der Waals surface area contributed by atoms with Crippen LogP contribution in [0.1, 0.15) is 11.3 Å². The number of imide groups is 1. The third kappa shape index (κ3) is 6.30. The molecule has 3 rings (SSSR count). The summed E-state index contributed by atoms with van der Waals surface area (Å²) < 4.78 is 23.9. The summed E-state index contributed by atoms with van der Waals surface area (Å²) in [7, 11) is 1.44. The van der Waals surface area contributed by atoms with Crippen molar-refractivity contribution in [2.45, 2.75) is 13.1 Å². The van der Waals surface area contributed by atoms with Crippen LogP contribution in [0.15, 0.2) is 41.0 Å². The number of halogens is 1. The number of methoxy groups -OCH3 is 1. The normalized spacial score (nSPS) is 15.1. The van der Waals surface area contributed by atoms with Gasteiger partial charge in [0.1, 0.15) is 5.76 Å². The summed E-state index contributed by atoms with van der Waals surface area (Å²) >= 11 is 0. The number of hydrogen-bond acceptors (Lipinski definition) is 6. The highest BCUT2D eigenvalue weighted by Crippen LogP contribution is 2.19. The number of benzene rings is 1. The first-order valence-electron chi connectivity index (χ1n) is 9.40. The van der Waals surface area contributed by atoms with E-state index >= 15 is 0 Å². The smallest absolute Gasteiger partial charge is 0.321 e.